The van der Waals surface area contributed by atoms with Crippen LogP contribution in [0.2, 0.25) is 0 Å². The zero-order valence-electron chi connectivity index (χ0n) is 15.8. The van der Waals surface area contributed by atoms with Gasteiger partial charge in [0.15, 0.2) is 0 Å². The van der Waals surface area contributed by atoms with E-state index in [2.05, 4.69) is 80.0 Å². The third-order valence-electron chi connectivity index (χ3n) is 4.52. The smallest absolute Gasteiger partial charge is 0.111 e. The third kappa shape index (κ3) is 4.04. The second-order valence-corrected chi connectivity index (χ2v) is 8.39. The van der Waals surface area contributed by atoms with E-state index in [1.165, 1.54) is 27.1 Å². The van der Waals surface area contributed by atoms with Crippen molar-refractivity contribution in [2.24, 2.45) is 5.92 Å². The van der Waals surface area contributed by atoms with E-state index in [-0.39, 0.29) is 0 Å². The molecule has 25 heavy (non-hydrogen) atoms. The van der Waals surface area contributed by atoms with E-state index in [1.54, 1.807) is 11.3 Å². The maximum atomic E-state index is 4.47. The zero-order valence-corrected chi connectivity index (χ0v) is 16.7. The molecule has 0 amide bonds. The molecular weight excluding hydrogens is 324 g/mol. The Labute approximate surface area is 155 Å². The number of hydrogen-bond donors (Lipinski definition) is 0. The normalized spacial score (nSPS) is 11.6. The SMILES string of the molecule is Cc1c(-c2ccc(Cn3ccnc3C(C)C)cc2)[c]sc1CC(C)C. The lowest BCUT2D eigenvalue weighted by Crippen LogP contribution is -2.05. The predicted molar refractivity (Wildman–Crippen MR) is 107 cm³/mol. The van der Waals surface area contributed by atoms with Crippen LogP contribution in [0.5, 0.6) is 0 Å². The van der Waals surface area contributed by atoms with Crippen LogP contribution in [0, 0.1) is 18.2 Å². The van der Waals surface area contributed by atoms with Crippen molar-refractivity contribution in [3.63, 3.8) is 0 Å². The fraction of sp³-hybridized carbons (Fsp3) is 0.409. The highest BCUT2D eigenvalue weighted by molar-refractivity contribution is 7.10. The van der Waals surface area contributed by atoms with Crippen LogP contribution >= 0.6 is 11.3 Å². The number of imidazole rings is 1. The Morgan fingerprint density at radius 2 is 1.84 bits per heavy atom. The highest BCUT2D eigenvalue weighted by atomic mass is 32.1. The molecule has 0 aliphatic heterocycles. The van der Waals surface area contributed by atoms with Gasteiger partial charge in [0, 0.05) is 35.3 Å². The van der Waals surface area contributed by atoms with Gasteiger partial charge in [-0.3, -0.25) is 0 Å². The van der Waals surface area contributed by atoms with Gasteiger partial charge in [-0.15, -0.1) is 11.3 Å². The number of benzene rings is 1. The molecule has 0 atom stereocenters. The molecule has 0 unspecified atom stereocenters. The van der Waals surface area contributed by atoms with Gasteiger partial charge in [-0.25, -0.2) is 4.98 Å². The van der Waals surface area contributed by atoms with Crippen molar-refractivity contribution in [3.8, 4) is 11.1 Å². The topological polar surface area (TPSA) is 17.8 Å². The summed E-state index contributed by atoms with van der Waals surface area (Å²) in [6, 6.07) is 8.91. The summed E-state index contributed by atoms with van der Waals surface area (Å²) in [6.07, 6.45) is 5.10. The van der Waals surface area contributed by atoms with Gasteiger partial charge in [-0.05, 0) is 36.0 Å². The predicted octanol–water partition coefficient (Wildman–Crippen LogP) is 6.09. The average Bonchev–Trinajstić information content (AvgIpc) is 3.16. The van der Waals surface area contributed by atoms with Crippen LogP contribution in [0.15, 0.2) is 36.7 Å². The van der Waals surface area contributed by atoms with Crippen molar-refractivity contribution in [1.82, 2.24) is 9.55 Å². The first-order valence-corrected chi connectivity index (χ1v) is 9.87. The zero-order chi connectivity index (χ0) is 18.0. The van der Waals surface area contributed by atoms with Crippen molar-refractivity contribution in [2.45, 2.75) is 53.5 Å². The standard InChI is InChI=1S/C22H27N2S/c1-15(2)12-21-17(5)20(14-25-21)19-8-6-18(7-9-19)13-24-11-10-23-22(24)16(3)4/h6-11,15-16H,12-13H2,1-5H3. The maximum absolute atomic E-state index is 4.47. The van der Waals surface area contributed by atoms with Crippen LogP contribution in [0.1, 0.15) is 55.4 Å². The molecule has 2 nitrogen and oxygen atoms in total. The summed E-state index contributed by atoms with van der Waals surface area (Å²) < 4.78 is 2.24. The molecule has 3 aromatic rings. The number of rotatable bonds is 6. The van der Waals surface area contributed by atoms with Crippen LogP contribution in [-0.2, 0) is 13.0 Å². The molecule has 0 bridgehead atoms. The van der Waals surface area contributed by atoms with E-state index in [0.717, 1.165) is 18.8 Å². The number of thiophene rings is 1. The summed E-state index contributed by atoms with van der Waals surface area (Å²) in [5.41, 5.74) is 5.22. The fourth-order valence-corrected chi connectivity index (χ4v) is 4.34. The Morgan fingerprint density at radius 1 is 1.12 bits per heavy atom. The molecule has 2 heterocycles. The van der Waals surface area contributed by atoms with E-state index in [9.17, 15) is 0 Å². The van der Waals surface area contributed by atoms with Crippen molar-refractivity contribution in [1.29, 1.82) is 0 Å². The van der Waals surface area contributed by atoms with E-state index >= 15 is 0 Å². The molecule has 0 fully saturated rings. The number of aromatic nitrogens is 2. The van der Waals surface area contributed by atoms with Gasteiger partial charge in [-0.2, -0.15) is 0 Å². The van der Waals surface area contributed by atoms with E-state index in [0.29, 0.717) is 11.8 Å². The van der Waals surface area contributed by atoms with Crippen molar-refractivity contribution in [2.75, 3.05) is 0 Å². The molecular formula is C22H27N2S. The van der Waals surface area contributed by atoms with Crippen molar-refractivity contribution >= 4 is 11.3 Å². The Morgan fingerprint density at radius 3 is 2.48 bits per heavy atom. The minimum atomic E-state index is 0.441. The second-order valence-electron chi connectivity index (χ2n) is 7.49. The Kier molecular flexibility index (Phi) is 5.43. The first kappa shape index (κ1) is 17.9. The van der Waals surface area contributed by atoms with Crippen molar-refractivity contribution in [3.05, 3.63) is 63.9 Å². The monoisotopic (exact) mass is 351 g/mol. The largest absolute Gasteiger partial charge is 0.330 e. The fourth-order valence-electron chi connectivity index (χ4n) is 3.17. The Balaban J connectivity index is 1.79. The van der Waals surface area contributed by atoms with Crippen molar-refractivity contribution < 1.29 is 0 Å². The molecule has 0 aliphatic carbocycles. The van der Waals surface area contributed by atoms with E-state index < -0.39 is 0 Å². The van der Waals surface area contributed by atoms with Crippen LogP contribution < -0.4 is 0 Å². The maximum Gasteiger partial charge on any atom is 0.111 e. The molecule has 0 saturated carbocycles. The van der Waals surface area contributed by atoms with Crippen LogP contribution in [0.3, 0.4) is 0 Å². The lowest BCUT2D eigenvalue weighted by Gasteiger charge is -2.11. The highest BCUT2D eigenvalue weighted by Gasteiger charge is 2.12. The lowest BCUT2D eigenvalue weighted by molar-refractivity contribution is 0.652. The third-order valence-corrected chi connectivity index (χ3v) is 5.55. The van der Waals surface area contributed by atoms with Crippen LogP contribution in [0.25, 0.3) is 11.1 Å². The lowest BCUT2D eigenvalue weighted by atomic mass is 9.99. The first-order chi connectivity index (χ1) is 12.0. The molecule has 3 rings (SSSR count). The summed E-state index contributed by atoms with van der Waals surface area (Å²) in [7, 11) is 0. The van der Waals surface area contributed by atoms with E-state index in [1.807, 2.05) is 6.20 Å². The van der Waals surface area contributed by atoms with Gasteiger partial charge in [0.2, 0.25) is 0 Å². The average molecular weight is 352 g/mol. The summed E-state index contributed by atoms with van der Waals surface area (Å²) in [5, 5.41) is 3.51. The molecule has 0 spiro atoms. The first-order valence-electron chi connectivity index (χ1n) is 9.06. The highest BCUT2D eigenvalue weighted by Crippen LogP contribution is 2.32. The van der Waals surface area contributed by atoms with Gasteiger partial charge in [0.25, 0.3) is 0 Å². The van der Waals surface area contributed by atoms with Crippen LogP contribution in [-0.4, -0.2) is 9.55 Å². The van der Waals surface area contributed by atoms with Gasteiger partial charge >= 0.3 is 0 Å². The summed E-state index contributed by atoms with van der Waals surface area (Å²) in [5.74, 6) is 2.27. The molecule has 2 aromatic heterocycles. The summed E-state index contributed by atoms with van der Waals surface area (Å²) in [6.45, 7) is 12.0. The van der Waals surface area contributed by atoms with Gasteiger partial charge in [-0.1, -0.05) is 52.0 Å². The number of nitrogens with zero attached hydrogens (tertiary/aromatic N) is 2. The minimum Gasteiger partial charge on any atom is -0.330 e. The molecule has 0 N–H and O–H groups in total. The Hall–Kier alpha value is -1.87. The van der Waals surface area contributed by atoms with E-state index in [4.69, 9.17) is 0 Å². The molecule has 1 radical (unpaired) electrons. The Bertz CT molecular complexity index is 822. The summed E-state index contributed by atoms with van der Waals surface area (Å²) >= 11 is 1.78. The number of hydrogen-bond acceptors (Lipinski definition) is 2. The van der Waals surface area contributed by atoms with Gasteiger partial charge in [0.1, 0.15) is 5.82 Å². The quantitative estimate of drug-likeness (QED) is 0.525. The van der Waals surface area contributed by atoms with Gasteiger partial charge in [0.05, 0.1) is 5.38 Å². The molecule has 131 valence electrons. The van der Waals surface area contributed by atoms with Gasteiger partial charge < -0.3 is 4.57 Å². The molecule has 0 saturated heterocycles. The minimum absolute atomic E-state index is 0.441. The molecule has 3 heteroatoms. The molecule has 0 aliphatic rings. The van der Waals surface area contributed by atoms with Crippen LogP contribution in [0.4, 0.5) is 0 Å². The molecule has 1 aromatic carbocycles. The second kappa shape index (κ2) is 7.57. The summed E-state index contributed by atoms with van der Waals surface area (Å²) in [4.78, 5) is 5.94.